The molecular weight excluding hydrogens is 132 g/mol. The highest BCUT2D eigenvalue weighted by molar-refractivity contribution is 5.73. The fourth-order valence-corrected chi connectivity index (χ4v) is 0.431. The van der Waals surface area contributed by atoms with E-state index in [1.165, 1.54) is 0 Å². The molecule has 3 N–H and O–H groups in total. The van der Waals surface area contributed by atoms with Gasteiger partial charge in [0.15, 0.2) is 0 Å². The molecular formula is C6H14N2O2. The maximum Gasteiger partial charge on any atom is 0.316 e. The summed E-state index contributed by atoms with van der Waals surface area (Å²) in [6, 6.07) is -0.323. The van der Waals surface area contributed by atoms with Crippen LogP contribution in [0.4, 0.5) is 4.79 Å². The van der Waals surface area contributed by atoms with E-state index in [-0.39, 0.29) is 12.8 Å². The molecule has 10 heavy (non-hydrogen) atoms. The van der Waals surface area contributed by atoms with E-state index in [9.17, 15) is 4.79 Å². The zero-order valence-corrected chi connectivity index (χ0v) is 6.35. The lowest BCUT2D eigenvalue weighted by Crippen LogP contribution is -2.37. The second-order valence-electron chi connectivity index (χ2n) is 2.44. The summed E-state index contributed by atoms with van der Waals surface area (Å²) >= 11 is 0. The van der Waals surface area contributed by atoms with Gasteiger partial charge in [0, 0.05) is 6.54 Å². The van der Waals surface area contributed by atoms with E-state index in [1.54, 1.807) is 0 Å². The zero-order valence-electron chi connectivity index (χ0n) is 6.35. The van der Waals surface area contributed by atoms with Crippen molar-refractivity contribution in [3.05, 3.63) is 0 Å². The molecule has 0 bridgehead atoms. The summed E-state index contributed by atoms with van der Waals surface area (Å²) in [5, 5.41) is 13.0. The van der Waals surface area contributed by atoms with E-state index < -0.39 is 0 Å². The lowest BCUT2D eigenvalue weighted by atomic mass is 10.2. The van der Waals surface area contributed by atoms with E-state index in [2.05, 4.69) is 10.6 Å². The van der Waals surface area contributed by atoms with Crippen LogP contribution in [0.25, 0.3) is 0 Å². The van der Waals surface area contributed by atoms with E-state index in [0.717, 1.165) is 0 Å². The summed E-state index contributed by atoms with van der Waals surface area (Å²) in [6.07, 6.45) is 0. The first-order chi connectivity index (χ1) is 4.66. The highest BCUT2D eigenvalue weighted by Gasteiger charge is 1.97. The fourth-order valence-electron chi connectivity index (χ4n) is 0.431. The van der Waals surface area contributed by atoms with Gasteiger partial charge in [-0.3, -0.25) is 0 Å². The largest absolute Gasteiger partial charge is 0.376 e. The maximum atomic E-state index is 10.6. The number of amides is 2. The summed E-state index contributed by atoms with van der Waals surface area (Å²) in [7, 11) is 0. The number of aliphatic hydroxyl groups excluding tert-OH is 1. The normalized spacial score (nSPS) is 9.60. The molecule has 0 aliphatic carbocycles. The van der Waals surface area contributed by atoms with Gasteiger partial charge in [-0.05, 0) is 5.92 Å². The number of nitrogens with one attached hydrogen (secondary N) is 2. The molecule has 0 aromatic heterocycles. The molecule has 0 aromatic rings. The van der Waals surface area contributed by atoms with Crippen LogP contribution >= 0.6 is 0 Å². The van der Waals surface area contributed by atoms with Crippen molar-refractivity contribution in [1.82, 2.24) is 10.6 Å². The van der Waals surface area contributed by atoms with Crippen LogP contribution in [0.15, 0.2) is 0 Å². The molecule has 0 aliphatic rings. The molecule has 0 unspecified atom stereocenters. The SMILES string of the molecule is CC(C)CNC(=O)NCO. The molecule has 0 saturated heterocycles. The number of urea groups is 1. The molecule has 0 atom stereocenters. The molecule has 0 saturated carbocycles. The average molecular weight is 146 g/mol. The van der Waals surface area contributed by atoms with Crippen molar-refractivity contribution < 1.29 is 9.90 Å². The Balaban J connectivity index is 3.22. The Labute approximate surface area is 60.6 Å². The Morgan fingerprint density at radius 1 is 1.50 bits per heavy atom. The lowest BCUT2D eigenvalue weighted by molar-refractivity contribution is 0.217. The molecule has 4 heteroatoms. The third kappa shape index (κ3) is 5.37. The number of hydrogen-bond donors (Lipinski definition) is 3. The van der Waals surface area contributed by atoms with Crippen molar-refractivity contribution in [2.24, 2.45) is 5.92 Å². The van der Waals surface area contributed by atoms with Crippen LogP contribution in [0, 0.1) is 5.92 Å². The van der Waals surface area contributed by atoms with Gasteiger partial charge in [-0.2, -0.15) is 0 Å². The van der Waals surface area contributed by atoms with Crippen molar-refractivity contribution in [1.29, 1.82) is 0 Å². The van der Waals surface area contributed by atoms with Gasteiger partial charge in [-0.1, -0.05) is 13.8 Å². The standard InChI is InChI=1S/C6H14N2O2/c1-5(2)3-7-6(10)8-4-9/h5,9H,3-4H2,1-2H3,(H2,7,8,10). The summed E-state index contributed by atoms with van der Waals surface area (Å²) < 4.78 is 0. The van der Waals surface area contributed by atoms with Crippen LogP contribution in [-0.2, 0) is 0 Å². The highest BCUT2D eigenvalue weighted by atomic mass is 16.3. The smallest absolute Gasteiger partial charge is 0.316 e. The highest BCUT2D eigenvalue weighted by Crippen LogP contribution is 1.85. The summed E-state index contributed by atoms with van der Waals surface area (Å²) in [6.45, 7) is 4.31. The Kier molecular flexibility index (Phi) is 4.66. The van der Waals surface area contributed by atoms with E-state index in [4.69, 9.17) is 5.11 Å². The summed E-state index contributed by atoms with van der Waals surface area (Å²) in [5.41, 5.74) is 0. The summed E-state index contributed by atoms with van der Waals surface area (Å²) in [5.74, 6) is 0.435. The summed E-state index contributed by atoms with van der Waals surface area (Å²) in [4.78, 5) is 10.6. The maximum absolute atomic E-state index is 10.6. The Morgan fingerprint density at radius 2 is 2.10 bits per heavy atom. The zero-order chi connectivity index (χ0) is 7.98. The first-order valence-corrected chi connectivity index (χ1v) is 3.29. The van der Waals surface area contributed by atoms with Crippen molar-refractivity contribution >= 4 is 6.03 Å². The monoisotopic (exact) mass is 146 g/mol. The fraction of sp³-hybridized carbons (Fsp3) is 0.833. The van der Waals surface area contributed by atoms with Crippen molar-refractivity contribution in [2.75, 3.05) is 13.3 Å². The third-order valence-corrected chi connectivity index (χ3v) is 0.910. The van der Waals surface area contributed by atoms with Gasteiger partial charge in [-0.25, -0.2) is 4.79 Å². The molecule has 0 spiro atoms. The van der Waals surface area contributed by atoms with Crippen LogP contribution in [0.1, 0.15) is 13.8 Å². The minimum Gasteiger partial charge on any atom is -0.376 e. The van der Waals surface area contributed by atoms with Gasteiger partial charge >= 0.3 is 6.03 Å². The third-order valence-electron chi connectivity index (χ3n) is 0.910. The molecule has 0 fully saturated rings. The van der Waals surface area contributed by atoms with E-state index in [0.29, 0.717) is 12.5 Å². The average Bonchev–Trinajstić information content (AvgIpc) is 1.85. The molecule has 0 rings (SSSR count). The van der Waals surface area contributed by atoms with Crippen molar-refractivity contribution in [3.8, 4) is 0 Å². The number of carbonyl (C=O) groups excluding carboxylic acids is 1. The van der Waals surface area contributed by atoms with Crippen LogP contribution in [0.5, 0.6) is 0 Å². The number of hydrogen-bond acceptors (Lipinski definition) is 2. The molecule has 2 amide bonds. The van der Waals surface area contributed by atoms with Crippen LogP contribution in [0.3, 0.4) is 0 Å². The van der Waals surface area contributed by atoms with Gasteiger partial charge in [0.1, 0.15) is 6.73 Å². The molecule has 60 valence electrons. The van der Waals surface area contributed by atoms with Gasteiger partial charge in [0.25, 0.3) is 0 Å². The van der Waals surface area contributed by atoms with E-state index >= 15 is 0 Å². The quantitative estimate of drug-likeness (QED) is 0.486. The molecule has 4 nitrogen and oxygen atoms in total. The molecule has 0 aromatic carbocycles. The minimum absolute atomic E-state index is 0.316. The topological polar surface area (TPSA) is 61.4 Å². The number of carbonyl (C=O) groups is 1. The predicted octanol–water partition coefficient (Wildman–Crippen LogP) is -0.109. The van der Waals surface area contributed by atoms with Gasteiger partial charge in [0.05, 0.1) is 0 Å². The van der Waals surface area contributed by atoms with Gasteiger partial charge in [-0.15, -0.1) is 0 Å². The molecule has 0 aliphatic heterocycles. The first-order valence-electron chi connectivity index (χ1n) is 3.29. The second kappa shape index (κ2) is 5.05. The lowest BCUT2D eigenvalue weighted by Gasteiger charge is -2.06. The minimum atomic E-state index is -0.323. The first kappa shape index (κ1) is 9.23. The second-order valence-corrected chi connectivity index (χ2v) is 2.44. The Morgan fingerprint density at radius 3 is 2.50 bits per heavy atom. The predicted molar refractivity (Wildman–Crippen MR) is 38.5 cm³/mol. The van der Waals surface area contributed by atoms with Crippen molar-refractivity contribution in [2.45, 2.75) is 13.8 Å². The van der Waals surface area contributed by atoms with Crippen molar-refractivity contribution in [3.63, 3.8) is 0 Å². The Bertz CT molecular complexity index is 104. The molecule has 0 heterocycles. The number of aliphatic hydroxyl groups is 1. The van der Waals surface area contributed by atoms with Crippen LogP contribution in [-0.4, -0.2) is 24.4 Å². The van der Waals surface area contributed by atoms with E-state index in [1.807, 2.05) is 13.8 Å². The van der Waals surface area contributed by atoms with Crippen LogP contribution in [0.2, 0.25) is 0 Å². The van der Waals surface area contributed by atoms with Gasteiger partial charge < -0.3 is 15.7 Å². The van der Waals surface area contributed by atoms with Crippen LogP contribution < -0.4 is 10.6 Å². The Hall–Kier alpha value is -0.770. The molecule has 0 radical (unpaired) electrons. The van der Waals surface area contributed by atoms with Gasteiger partial charge in [0.2, 0.25) is 0 Å². The number of rotatable bonds is 3.